The zero-order valence-electron chi connectivity index (χ0n) is 10.9. The lowest BCUT2D eigenvalue weighted by Crippen LogP contribution is -2.33. The summed E-state index contributed by atoms with van der Waals surface area (Å²) in [6, 6.07) is 7.01. The highest BCUT2D eigenvalue weighted by Crippen LogP contribution is 2.28. The van der Waals surface area contributed by atoms with Crippen LogP contribution in [0.15, 0.2) is 24.3 Å². The van der Waals surface area contributed by atoms with Crippen LogP contribution in [-0.4, -0.2) is 11.0 Å². The molecular formula is C15H21NO2. The van der Waals surface area contributed by atoms with Crippen LogP contribution in [-0.2, 0) is 11.3 Å². The average molecular weight is 247 g/mol. The topological polar surface area (TPSA) is 49.3 Å². The van der Waals surface area contributed by atoms with Gasteiger partial charge in [0.25, 0.3) is 0 Å². The number of benzene rings is 1. The third-order valence-electron chi connectivity index (χ3n) is 3.68. The van der Waals surface area contributed by atoms with Crippen LogP contribution in [0.25, 0.3) is 0 Å². The Morgan fingerprint density at radius 3 is 3.00 bits per heavy atom. The summed E-state index contributed by atoms with van der Waals surface area (Å²) in [5.74, 6) is 1.24. The minimum atomic E-state index is 0.157. The number of aromatic hydroxyl groups is 1. The van der Waals surface area contributed by atoms with E-state index in [9.17, 15) is 9.90 Å². The monoisotopic (exact) mass is 247 g/mol. The van der Waals surface area contributed by atoms with Gasteiger partial charge in [0.2, 0.25) is 5.91 Å². The van der Waals surface area contributed by atoms with E-state index < -0.39 is 0 Å². The van der Waals surface area contributed by atoms with Gasteiger partial charge in [0.15, 0.2) is 0 Å². The predicted octanol–water partition coefficient (Wildman–Crippen LogP) is 2.83. The molecule has 0 aliphatic heterocycles. The zero-order chi connectivity index (χ0) is 13.0. The Morgan fingerprint density at radius 2 is 2.28 bits per heavy atom. The maximum absolute atomic E-state index is 12.0. The zero-order valence-corrected chi connectivity index (χ0v) is 10.9. The second-order valence-electron chi connectivity index (χ2n) is 5.36. The van der Waals surface area contributed by atoms with Crippen LogP contribution < -0.4 is 5.32 Å². The van der Waals surface area contributed by atoms with Crippen molar-refractivity contribution in [2.75, 3.05) is 0 Å². The highest BCUT2D eigenvalue weighted by atomic mass is 16.3. The number of phenols is 1. The maximum Gasteiger partial charge on any atom is 0.223 e. The first-order chi connectivity index (χ1) is 8.65. The van der Waals surface area contributed by atoms with Gasteiger partial charge in [-0.15, -0.1) is 0 Å². The van der Waals surface area contributed by atoms with Crippen LogP contribution in [0.4, 0.5) is 0 Å². The van der Waals surface area contributed by atoms with Crippen molar-refractivity contribution >= 4 is 5.91 Å². The fraction of sp³-hybridized carbons (Fsp3) is 0.533. The normalized spacial score (nSPS) is 23.6. The standard InChI is InChI=1S/C15H21NO2/c1-11-4-2-6-13(8-11)15(18)16-10-12-5-3-7-14(17)9-12/h3,5,7,9,11,13,17H,2,4,6,8,10H2,1H3,(H,16,18). The summed E-state index contributed by atoms with van der Waals surface area (Å²) in [5.41, 5.74) is 0.937. The first kappa shape index (κ1) is 12.9. The SMILES string of the molecule is CC1CCCC(C(=O)NCc2cccc(O)c2)C1. The third-order valence-corrected chi connectivity index (χ3v) is 3.68. The van der Waals surface area contributed by atoms with Crippen LogP contribution >= 0.6 is 0 Å². The summed E-state index contributed by atoms with van der Waals surface area (Å²) in [6.07, 6.45) is 4.42. The van der Waals surface area contributed by atoms with Crippen molar-refractivity contribution in [3.63, 3.8) is 0 Å². The molecule has 3 nitrogen and oxygen atoms in total. The fourth-order valence-corrected chi connectivity index (χ4v) is 2.67. The molecule has 18 heavy (non-hydrogen) atoms. The molecule has 3 heteroatoms. The molecule has 98 valence electrons. The van der Waals surface area contributed by atoms with Crippen LogP contribution in [0.2, 0.25) is 0 Å². The second-order valence-corrected chi connectivity index (χ2v) is 5.36. The first-order valence-corrected chi connectivity index (χ1v) is 6.71. The van der Waals surface area contributed by atoms with Crippen LogP contribution in [0.3, 0.4) is 0 Å². The Balaban J connectivity index is 1.84. The first-order valence-electron chi connectivity index (χ1n) is 6.71. The number of carbonyl (C=O) groups excluding carboxylic acids is 1. The molecule has 1 saturated carbocycles. The van der Waals surface area contributed by atoms with Gasteiger partial charge in [-0.25, -0.2) is 0 Å². The van der Waals surface area contributed by atoms with E-state index in [1.165, 1.54) is 6.42 Å². The van der Waals surface area contributed by atoms with Crippen molar-refractivity contribution in [2.45, 2.75) is 39.2 Å². The molecule has 1 aliphatic rings. The molecule has 2 N–H and O–H groups in total. The highest BCUT2D eigenvalue weighted by Gasteiger charge is 2.24. The second kappa shape index (κ2) is 5.89. The lowest BCUT2D eigenvalue weighted by molar-refractivity contribution is -0.126. The van der Waals surface area contributed by atoms with Gasteiger partial charge >= 0.3 is 0 Å². The summed E-state index contributed by atoms with van der Waals surface area (Å²) in [6.45, 7) is 2.72. The minimum Gasteiger partial charge on any atom is -0.508 e. The Kier molecular flexibility index (Phi) is 4.24. The smallest absolute Gasteiger partial charge is 0.223 e. The van der Waals surface area contributed by atoms with Crippen molar-refractivity contribution in [2.24, 2.45) is 11.8 Å². The number of hydrogen-bond donors (Lipinski definition) is 2. The molecular weight excluding hydrogens is 226 g/mol. The van der Waals surface area contributed by atoms with Gasteiger partial charge in [0, 0.05) is 12.5 Å². The summed E-state index contributed by atoms with van der Waals surface area (Å²) in [4.78, 5) is 12.0. The Labute approximate surface area is 108 Å². The molecule has 2 unspecified atom stereocenters. The Morgan fingerprint density at radius 1 is 1.44 bits per heavy atom. The highest BCUT2D eigenvalue weighted by molar-refractivity contribution is 5.78. The molecule has 2 atom stereocenters. The summed E-state index contributed by atoms with van der Waals surface area (Å²) < 4.78 is 0. The number of nitrogens with one attached hydrogen (secondary N) is 1. The van der Waals surface area contributed by atoms with Crippen molar-refractivity contribution in [3.8, 4) is 5.75 Å². The molecule has 1 aromatic carbocycles. The Hall–Kier alpha value is -1.51. The lowest BCUT2D eigenvalue weighted by atomic mass is 9.82. The summed E-state index contributed by atoms with van der Waals surface area (Å²) >= 11 is 0. The van der Waals surface area contributed by atoms with Gasteiger partial charge < -0.3 is 10.4 Å². The quantitative estimate of drug-likeness (QED) is 0.863. The van der Waals surface area contributed by atoms with E-state index in [1.54, 1.807) is 18.2 Å². The molecule has 0 saturated heterocycles. The lowest BCUT2D eigenvalue weighted by Gasteiger charge is -2.25. The van der Waals surface area contributed by atoms with Crippen LogP contribution in [0, 0.1) is 11.8 Å². The van der Waals surface area contributed by atoms with Crippen molar-refractivity contribution in [3.05, 3.63) is 29.8 Å². The predicted molar refractivity (Wildman–Crippen MR) is 71.1 cm³/mol. The Bertz CT molecular complexity index is 417. The summed E-state index contributed by atoms with van der Waals surface area (Å²) in [5, 5.41) is 12.3. The summed E-state index contributed by atoms with van der Waals surface area (Å²) in [7, 11) is 0. The van der Waals surface area contributed by atoms with Crippen LogP contribution in [0.1, 0.15) is 38.2 Å². The average Bonchev–Trinajstić information content (AvgIpc) is 2.36. The number of amides is 1. The van der Waals surface area contributed by atoms with E-state index in [-0.39, 0.29) is 17.6 Å². The molecule has 1 aromatic rings. The van der Waals surface area contributed by atoms with Gasteiger partial charge in [-0.1, -0.05) is 31.9 Å². The van der Waals surface area contributed by atoms with Crippen molar-refractivity contribution in [1.82, 2.24) is 5.32 Å². The number of hydrogen-bond acceptors (Lipinski definition) is 2. The fourth-order valence-electron chi connectivity index (χ4n) is 2.67. The van der Waals surface area contributed by atoms with Crippen LogP contribution in [0.5, 0.6) is 5.75 Å². The van der Waals surface area contributed by atoms with Gasteiger partial charge in [0.05, 0.1) is 0 Å². The molecule has 0 heterocycles. The third kappa shape index (κ3) is 3.49. The minimum absolute atomic E-state index is 0.157. The van der Waals surface area contributed by atoms with Gasteiger partial charge in [-0.05, 0) is 36.5 Å². The van der Waals surface area contributed by atoms with Gasteiger partial charge in [-0.3, -0.25) is 4.79 Å². The molecule has 2 rings (SSSR count). The maximum atomic E-state index is 12.0. The largest absolute Gasteiger partial charge is 0.508 e. The van der Waals surface area contributed by atoms with Gasteiger partial charge in [-0.2, -0.15) is 0 Å². The molecule has 1 aliphatic carbocycles. The molecule has 0 radical (unpaired) electrons. The van der Waals surface area contributed by atoms with E-state index in [0.717, 1.165) is 24.8 Å². The van der Waals surface area contributed by atoms with E-state index in [4.69, 9.17) is 0 Å². The molecule has 1 fully saturated rings. The van der Waals surface area contributed by atoms with E-state index >= 15 is 0 Å². The molecule has 0 bridgehead atoms. The number of carbonyl (C=O) groups is 1. The molecule has 1 amide bonds. The van der Waals surface area contributed by atoms with E-state index in [0.29, 0.717) is 12.5 Å². The number of rotatable bonds is 3. The molecule has 0 aromatic heterocycles. The van der Waals surface area contributed by atoms with Crippen molar-refractivity contribution in [1.29, 1.82) is 0 Å². The van der Waals surface area contributed by atoms with Gasteiger partial charge in [0.1, 0.15) is 5.75 Å². The van der Waals surface area contributed by atoms with E-state index in [2.05, 4.69) is 12.2 Å². The number of phenolic OH excluding ortho intramolecular Hbond substituents is 1. The van der Waals surface area contributed by atoms with E-state index in [1.807, 2.05) is 6.07 Å². The molecule has 0 spiro atoms. The van der Waals surface area contributed by atoms with Crippen molar-refractivity contribution < 1.29 is 9.90 Å².